The normalized spacial score (nSPS) is 25.1. The summed E-state index contributed by atoms with van der Waals surface area (Å²) in [5, 5.41) is 3.19. The third-order valence-corrected chi connectivity index (χ3v) is 4.88. The van der Waals surface area contributed by atoms with Gasteiger partial charge in [-0.05, 0) is 51.9 Å². The molecule has 2 unspecified atom stereocenters. The molecule has 0 radical (unpaired) electrons. The van der Waals surface area contributed by atoms with E-state index >= 15 is 0 Å². The van der Waals surface area contributed by atoms with Gasteiger partial charge >= 0.3 is 0 Å². The fourth-order valence-corrected chi connectivity index (χ4v) is 3.38. The van der Waals surface area contributed by atoms with Crippen LogP contribution in [0.15, 0.2) is 29.3 Å². The molecular formula is C18H31IN4. The molecule has 1 aliphatic carbocycles. The minimum Gasteiger partial charge on any atom is -0.370 e. The van der Waals surface area contributed by atoms with Crippen molar-refractivity contribution in [3.63, 3.8) is 0 Å². The Balaban J connectivity index is 0.00000264. The Labute approximate surface area is 157 Å². The number of rotatable bonds is 4. The van der Waals surface area contributed by atoms with Crippen LogP contribution in [0.25, 0.3) is 0 Å². The van der Waals surface area contributed by atoms with Crippen LogP contribution in [-0.2, 0) is 0 Å². The van der Waals surface area contributed by atoms with Gasteiger partial charge in [-0.25, -0.2) is 0 Å². The maximum atomic E-state index is 6.08. The number of aliphatic imine (C=N–C) groups is 1. The van der Waals surface area contributed by atoms with Gasteiger partial charge < -0.3 is 16.0 Å². The molecule has 1 aliphatic rings. The molecule has 0 aromatic heterocycles. The van der Waals surface area contributed by atoms with Crippen molar-refractivity contribution < 1.29 is 0 Å². The second-order valence-corrected chi connectivity index (χ2v) is 7.01. The molecule has 1 saturated carbocycles. The summed E-state index contributed by atoms with van der Waals surface area (Å²) in [6.07, 6.45) is 5.00. The van der Waals surface area contributed by atoms with Crippen LogP contribution in [0.3, 0.4) is 0 Å². The molecule has 0 spiro atoms. The quantitative estimate of drug-likeness (QED) is 0.434. The average Bonchev–Trinajstić information content (AvgIpc) is 2.47. The van der Waals surface area contributed by atoms with Crippen LogP contribution in [0.5, 0.6) is 0 Å². The highest BCUT2D eigenvalue weighted by Crippen LogP contribution is 2.35. The number of anilines is 1. The van der Waals surface area contributed by atoms with Crippen LogP contribution in [0.2, 0.25) is 0 Å². The average molecular weight is 430 g/mol. The highest BCUT2D eigenvalue weighted by molar-refractivity contribution is 14.0. The van der Waals surface area contributed by atoms with Crippen molar-refractivity contribution >= 4 is 35.6 Å². The molecule has 130 valence electrons. The number of benzene rings is 1. The van der Waals surface area contributed by atoms with Crippen molar-refractivity contribution in [3.8, 4) is 0 Å². The fraction of sp³-hybridized carbons (Fsp3) is 0.611. The smallest absolute Gasteiger partial charge is 0.193 e. The second kappa shape index (κ2) is 8.87. The van der Waals surface area contributed by atoms with E-state index < -0.39 is 0 Å². The van der Waals surface area contributed by atoms with Gasteiger partial charge in [-0.1, -0.05) is 37.5 Å². The van der Waals surface area contributed by atoms with Crippen molar-refractivity contribution in [2.24, 2.45) is 16.6 Å². The lowest BCUT2D eigenvalue weighted by atomic mass is 9.75. The largest absolute Gasteiger partial charge is 0.370 e. The van der Waals surface area contributed by atoms with Crippen LogP contribution in [0.4, 0.5) is 5.69 Å². The maximum Gasteiger partial charge on any atom is 0.193 e. The van der Waals surface area contributed by atoms with E-state index in [9.17, 15) is 0 Å². The van der Waals surface area contributed by atoms with Crippen LogP contribution in [0.1, 0.15) is 38.2 Å². The zero-order chi connectivity index (χ0) is 16.2. The second-order valence-electron chi connectivity index (χ2n) is 7.01. The summed E-state index contributed by atoms with van der Waals surface area (Å²) in [6.45, 7) is 5.18. The van der Waals surface area contributed by atoms with Crippen LogP contribution in [-0.4, -0.2) is 37.0 Å². The number of aryl methyl sites for hydroxylation is 1. The molecule has 0 heterocycles. The van der Waals surface area contributed by atoms with Crippen molar-refractivity contribution in [1.82, 2.24) is 4.90 Å². The van der Waals surface area contributed by atoms with Gasteiger partial charge in [0, 0.05) is 11.2 Å². The molecule has 23 heavy (non-hydrogen) atoms. The molecule has 1 aromatic carbocycles. The number of halogens is 1. The number of nitrogens with two attached hydrogens (primary N) is 1. The molecule has 2 atom stereocenters. The minimum atomic E-state index is 0. The molecule has 0 amide bonds. The van der Waals surface area contributed by atoms with E-state index in [-0.39, 0.29) is 29.5 Å². The molecule has 0 saturated heterocycles. The van der Waals surface area contributed by atoms with E-state index in [1.54, 1.807) is 0 Å². The predicted molar refractivity (Wildman–Crippen MR) is 111 cm³/mol. The van der Waals surface area contributed by atoms with Gasteiger partial charge in [0.05, 0.1) is 6.54 Å². The molecule has 0 aliphatic heterocycles. The van der Waals surface area contributed by atoms with Crippen molar-refractivity contribution in [1.29, 1.82) is 0 Å². The molecule has 3 N–H and O–H groups in total. The van der Waals surface area contributed by atoms with Crippen molar-refractivity contribution in [2.45, 2.75) is 45.1 Å². The Morgan fingerprint density at radius 3 is 2.57 bits per heavy atom. The van der Waals surface area contributed by atoms with Gasteiger partial charge in [0.15, 0.2) is 5.96 Å². The number of hydrogen-bond acceptors (Lipinski definition) is 2. The molecular weight excluding hydrogens is 399 g/mol. The Bertz CT molecular complexity index is 512. The van der Waals surface area contributed by atoms with Gasteiger partial charge in [-0.2, -0.15) is 0 Å². The summed E-state index contributed by atoms with van der Waals surface area (Å²) >= 11 is 0. The summed E-state index contributed by atoms with van der Waals surface area (Å²) in [4.78, 5) is 6.97. The van der Waals surface area contributed by atoms with Gasteiger partial charge in [0.1, 0.15) is 0 Å². The lowest BCUT2D eigenvalue weighted by molar-refractivity contribution is 0.0846. The maximum absolute atomic E-state index is 6.08. The third kappa shape index (κ3) is 5.64. The van der Waals surface area contributed by atoms with E-state index in [2.05, 4.69) is 55.3 Å². The standard InChI is InChI=1S/C18H30N4.HI/c1-14-7-9-16(10-8-14)21-17(19)20-13-18(22(3)4)11-5-6-15(2)12-18;/h7-10,15H,5-6,11-13H2,1-4H3,(H3,19,20,21);1H. The Morgan fingerprint density at radius 2 is 2.00 bits per heavy atom. The first-order valence-electron chi connectivity index (χ1n) is 8.22. The summed E-state index contributed by atoms with van der Waals surface area (Å²) < 4.78 is 0. The van der Waals surface area contributed by atoms with Crippen LogP contribution in [0, 0.1) is 12.8 Å². The van der Waals surface area contributed by atoms with Crippen molar-refractivity contribution in [3.05, 3.63) is 29.8 Å². The lowest BCUT2D eigenvalue weighted by Gasteiger charge is -2.44. The highest BCUT2D eigenvalue weighted by atomic mass is 127. The molecule has 4 nitrogen and oxygen atoms in total. The van der Waals surface area contributed by atoms with E-state index in [4.69, 9.17) is 5.73 Å². The van der Waals surface area contributed by atoms with Crippen LogP contribution < -0.4 is 11.1 Å². The lowest BCUT2D eigenvalue weighted by Crippen LogP contribution is -2.50. The molecule has 2 rings (SSSR count). The summed E-state index contributed by atoms with van der Waals surface area (Å²) in [7, 11) is 4.33. The number of likely N-dealkylation sites (N-methyl/N-ethyl adjacent to an activating group) is 1. The highest BCUT2D eigenvalue weighted by Gasteiger charge is 2.36. The Kier molecular flexibility index (Phi) is 7.80. The minimum absolute atomic E-state index is 0. The number of nitrogens with one attached hydrogen (secondary N) is 1. The molecule has 1 fully saturated rings. The van der Waals surface area contributed by atoms with E-state index in [0.717, 1.165) is 18.2 Å². The van der Waals surface area contributed by atoms with Crippen molar-refractivity contribution in [2.75, 3.05) is 26.0 Å². The summed E-state index contributed by atoms with van der Waals surface area (Å²) in [6, 6.07) is 8.20. The number of hydrogen-bond donors (Lipinski definition) is 2. The SMILES string of the molecule is Cc1ccc(NC(N)=NCC2(N(C)C)CCCC(C)C2)cc1.I. The predicted octanol–water partition coefficient (Wildman–Crippen LogP) is 3.85. The van der Waals surface area contributed by atoms with Gasteiger partial charge in [-0.15, -0.1) is 24.0 Å². The summed E-state index contributed by atoms with van der Waals surface area (Å²) in [5.41, 5.74) is 8.45. The topological polar surface area (TPSA) is 53.6 Å². The molecule has 5 heteroatoms. The van der Waals surface area contributed by atoms with Gasteiger partial charge in [-0.3, -0.25) is 4.99 Å². The van der Waals surface area contributed by atoms with Crippen LogP contribution >= 0.6 is 24.0 Å². The third-order valence-electron chi connectivity index (χ3n) is 4.88. The first-order valence-corrected chi connectivity index (χ1v) is 8.22. The van der Waals surface area contributed by atoms with Gasteiger partial charge in [0.25, 0.3) is 0 Å². The van der Waals surface area contributed by atoms with Gasteiger partial charge in [0.2, 0.25) is 0 Å². The van der Waals surface area contributed by atoms with E-state index in [0.29, 0.717) is 5.96 Å². The van der Waals surface area contributed by atoms with E-state index in [1.165, 1.54) is 31.2 Å². The number of guanidine groups is 1. The first-order chi connectivity index (χ1) is 10.4. The molecule has 1 aromatic rings. The molecule has 0 bridgehead atoms. The Morgan fingerprint density at radius 1 is 1.35 bits per heavy atom. The zero-order valence-corrected chi connectivity index (χ0v) is 17.1. The van der Waals surface area contributed by atoms with E-state index in [1.807, 2.05) is 12.1 Å². The monoisotopic (exact) mass is 430 g/mol. The number of nitrogens with zero attached hydrogens (tertiary/aromatic N) is 2. The first kappa shape index (κ1) is 20.2. The summed E-state index contributed by atoms with van der Waals surface area (Å²) in [5.74, 6) is 1.26. The fourth-order valence-electron chi connectivity index (χ4n) is 3.38. The Hall–Kier alpha value is -0.820. The zero-order valence-electron chi connectivity index (χ0n) is 14.8.